The lowest BCUT2D eigenvalue weighted by Crippen LogP contribution is -2.27. The molecule has 0 aliphatic heterocycles. The molecular formula is C21H45NOS. The van der Waals surface area contributed by atoms with Crippen LogP contribution in [0.25, 0.3) is 0 Å². The number of nitrogens with two attached hydrogens (primary N) is 1. The second-order valence-electron chi connectivity index (χ2n) is 7.32. The topological polar surface area (TPSA) is 46.2 Å². The first kappa shape index (κ1) is 24.3. The van der Waals surface area contributed by atoms with Crippen molar-refractivity contribution in [1.29, 1.82) is 0 Å². The minimum atomic E-state index is -0.0314. The summed E-state index contributed by atoms with van der Waals surface area (Å²) in [5, 5.41) is 8.84. The van der Waals surface area contributed by atoms with Gasteiger partial charge in [0.25, 0.3) is 0 Å². The fraction of sp³-hybridized carbons (Fsp3) is 1.00. The number of hydrogen-bond donors (Lipinski definition) is 2. The lowest BCUT2D eigenvalue weighted by Gasteiger charge is -2.07. The Balaban J connectivity index is 2.98. The monoisotopic (exact) mass is 359 g/mol. The third-order valence-electron chi connectivity index (χ3n) is 4.71. The molecule has 0 saturated heterocycles. The molecule has 2 nitrogen and oxygen atoms in total. The summed E-state index contributed by atoms with van der Waals surface area (Å²) in [6.07, 6.45) is 22.8. The van der Waals surface area contributed by atoms with Crippen molar-refractivity contribution in [2.24, 2.45) is 5.73 Å². The Morgan fingerprint density at radius 2 is 1.04 bits per heavy atom. The fourth-order valence-corrected chi connectivity index (χ4v) is 4.02. The van der Waals surface area contributed by atoms with E-state index in [9.17, 15) is 0 Å². The lowest BCUT2D eigenvalue weighted by molar-refractivity contribution is 0.275. The van der Waals surface area contributed by atoms with Gasteiger partial charge in [0, 0.05) is 11.8 Å². The van der Waals surface area contributed by atoms with Crippen molar-refractivity contribution < 1.29 is 5.11 Å². The summed E-state index contributed by atoms with van der Waals surface area (Å²) < 4.78 is 0. The van der Waals surface area contributed by atoms with Crippen LogP contribution in [0.1, 0.15) is 110 Å². The first-order valence-electron chi connectivity index (χ1n) is 10.8. The van der Waals surface area contributed by atoms with Gasteiger partial charge in [0.2, 0.25) is 0 Å². The summed E-state index contributed by atoms with van der Waals surface area (Å²) in [4.78, 5) is 0. The van der Waals surface area contributed by atoms with Crippen molar-refractivity contribution in [3.8, 4) is 0 Å². The summed E-state index contributed by atoms with van der Waals surface area (Å²) in [5.41, 5.74) is 5.67. The third kappa shape index (κ3) is 20.3. The molecule has 0 rings (SSSR count). The van der Waals surface area contributed by atoms with Crippen molar-refractivity contribution in [1.82, 2.24) is 0 Å². The number of unbranched alkanes of at least 4 members (excludes halogenated alkanes) is 15. The van der Waals surface area contributed by atoms with Crippen LogP contribution in [0.3, 0.4) is 0 Å². The molecule has 0 aromatic carbocycles. The van der Waals surface area contributed by atoms with Crippen LogP contribution in [0.2, 0.25) is 0 Å². The molecule has 0 amide bonds. The van der Waals surface area contributed by atoms with Gasteiger partial charge in [-0.05, 0) is 12.2 Å². The van der Waals surface area contributed by atoms with Gasteiger partial charge in [-0.15, -0.1) is 0 Å². The number of thioether (sulfide) groups is 1. The maximum absolute atomic E-state index is 8.84. The molecule has 0 aliphatic carbocycles. The summed E-state index contributed by atoms with van der Waals surface area (Å²) in [5.74, 6) is 2.10. The Morgan fingerprint density at radius 3 is 1.42 bits per heavy atom. The van der Waals surface area contributed by atoms with Gasteiger partial charge < -0.3 is 10.8 Å². The van der Waals surface area contributed by atoms with E-state index in [-0.39, 0.29) is 12.6 Å². The Morgan fingerprint density at radius 1 is 0.667 bits per heavy atom. The average Bonchev–Trinajstić information content (AvgIpc) is 2.60. The normalized spacial score (nSPS) is 12.6. The van der Waals surface area contributed by atoms with Crippen molar-refractivity contribution >= 4 is 11.8 Å². The summed E-state index contributed by atoms with van der Waals surface area (Å²) in [6, 6.07) is -0.0314. The molecule has 3 N–H and O–H groups in total. The zero-order valence-electron chi connectivity index (χ0n) is 16.4. The van der Waals surface area contributed by atoms with Crippen LogP contribution in [-0.2, 0) is 0 Å². The standard InChI is InChI=1S/C21H45NOS/c1-2-3-4-5-6-7-8-9-10-11-12-13-14-15-16-17-18-24-20-21(22)19-23/h21,23H,2-20,22H2,1H3. The highest BCUT2D eigenvalue weighted by Crippen LogP contribution is 2.14. The minimum Gasteiger partial charge on any atom is -0.395 e. The molecule has 0 aliphatic rings. The van der Waals surface area contributed by atoms with Crippen LogP contribution < -0.4 is 5.73 Å². The van der Waals surface area contributed by atoms with E-state index >= 15 is 0 Å². The molecule has 0 aromatic rings. The first-order valence-corrected chi connectivity index (χ1v) is 11.9. The van der Waals surface area contributed by atoms with Gasteiger partial charge >= 0.3 is 0 Å². The van der Waals surface area contributed by atoms with E-state index in [0.29, 0.717) is 0 Å². The van der Waals surface area contributed by atoms with Crippen LogP contribution in [0.4, 0.5) is 0 Å². The van der Waals surface area contributed by atoms with Gasteiger partial charge in [-0.25, -0.2) is 0 Å². The van der Waals surface area contributed by atoms with Gasteiger partial charge in [-0.3, -0.25) is 0 Å². The molecule has 0 spiro atoms. The summed E-state index contributed by atoms with van der Waals surface area (Å²) >= 11 is 1.89. The quantitative estimate of drug-likeness (QED) is 0.251. The maximum Gasteiger partial charge on any atom is 0.0590 e. The molecule has 24 heavy (non-hydrogen) atoms. The highest BCUT2D eigenvalue weighted by molar-refractivity contribution is 7.99. The van der Waals surface area contributed by atoms with Gasteiger partial charge in [-0.1, -0.05) is 103 Å². The van der Waals surface area contributed by atoms with Crippen LogP contribution >= 0.6 is 11.8 Å². The van der Waals surface area contributed by atoms with Crippen LogP contribution in [0.5, 0.6) is 0 Å². The molecule has 0 bridgehead atoms. The molecule has 0 fully saturated rings. The molecule has 3 heteroatoms. The molecule has 0 aromatic heterocycles. The highest BCUT2D eigenvalue weighted by Gasteiger charge is 1.99. The number of rotatable bonds is 20. The van der Waals surface area contributed by atoms with Gasteiger partial charge in [0.05, 0.1) is 6.61 Å². The molecule has 1 unspecified atom stereocenters. The summed E-state index contributed by atoms with van der Waals surface area (Å²) in [6.45, 7) is 2.41. The smallest absolute Gasteiger partial charge is 0.0590 e. The van der Waals surface area contributed by atoms with E-state index in [1.165, 1.54) is 108 Å². The van der Waals surface area contributed by atoms with Gasteiger partial charge in [0.1, 0.15) is 0 Å². The molecule has 0 saturated carbocycles. The molecule has 0 radical (unpaired) electrons. The Labute approximate surface area is 156 Å². The van der Waals surface area contributed by atoms with E-state index in [0.717, 1.165) is 5.75 Å². The zero-order chi connectivity index (χ0) is 17.7. The molecule has 146 valence electrons. The summed E-state index contributed by atoms with van der Waals surface area (Å²) in [7, 11) is 0. The van der Waals surface area contributed by atoms with Crippen LogP contribution in [0.15, 0.2) is 0 Å². The zero-order valence-corrected chi connectivity index (χ0v) is 17.3. The number of hydrogen-bond acceptors (Lipinski definition) is 3. The first-order chi connectivity index (χ1) is 11.8. The van der Waals surface area contributed by atoms with Crippen molar-refractivity contribution in [2.45, 2.75) is 116 Å². The van der Waals surface area contributed by atoms with Crippen LogP contribution in [0, 0.1) is 0 Å². The van der Waals surface area contributed by atoms with E-state index in [2.05, 4.69) is 6.92 Å². The van der Waals surface area contributed by atoms with Crippen molar-refractivity contribution in [2.75, 3.05) is 18.1 Å². The molecule has 0 heterocycles. The lowest BCUT2D eigenvalue weighted by atomic mass is 10.0. The average molecular weight is 360 g/mol. The second-order valence-corrected chi connectivity index (χ2v) is 8.47. The molecule has 1 atom stereocenters. The van der Waals surface area contributed by atoms with Gasteiger partial charge in [-0.2, -0.15) is 11.8 Å². The number of aliphatic hydroxyl groups is 1. The minimum absolute atomic E-state index is 0.0314. The van der Waals surface area contributed by atoms with E-state index in [4.69, 9.17) is 10.8 Å². The Hall–Kier alpha value is 0.270. The highest BCUT2D eigenvalue weighted by atomic mass is 32.2. The van der Waals surface area contributed by atoms with Crippen molar-refractivity contribution in [3.05, 3.63) is 0 Å². The predicted octanol–water partition coefficient (Wildman–Crippen LogP) is 6.30. The molecular weight excluding hydrogens is 314 g/mol. The number of aliphatic hydroxyl groups excluding tert-OH is 1. The predicted molar refractivity (Wildman–Crippen MR) is 112 cm³/mol. The van der Waals surface area contributed by atoms with Crippen molar-refractivity contribution in [3.63, 3.8) is 0 Å². The largest absolute Gasteiger partial charge is 0.395 e. The fourth-order valence-electron chi connectivity index (χ4n) is 3.04. The van der Waals surface area contributed by atoms with Gasteiger partial charge in [0.15, 0.2) is 0 Å². The third-order valence-corrected chi connectivity index (χ3v) is 5.95. The maximum atomic E-state index is 8.84. The van der Waals surface area contributed by atoms with E-state index in [1.54, 1.807) is 0 Å². The Kier molecular flexibility index (Phi) is 21.6. The Bertz CT molecular complexity index is 226. The van der Waals surface area contributed by atoms with E-state index in [1.807, 2.05) is 11.8 Å². The van der Waals surface area contributed by atoms with E-state index < -0.39 is 0 Å². The SMILES string of the molecule is CCCCCCCCCCCCCCCCCCSCC(N)CO. The van der Waals surface area contributed by atoms with Crippen LogP contribution in [-0.4, -0.2) is 29.3 Å². The second kappa shape index (κ2) is 21.3.